The molecule has 1 aromatic rings. The molecule has 1 aromatic heterocycles. The Labute approximate surface area is 114 Å². The topological polar surface area (TPSA) is 34.2 Å². The number of hydrogen-bond donors (Lipinski definition) is 1. The summed E-state index contributed by atoms with van der Waals surface area (Å²) >= 11 is 1.84. The van der Waals surface area contributed by atoms with Crippen molar-refractivity contribution in [3.63, 3.8) is 0 Å². The predicted molar refractivity (Wildman–Crippen MR) is 76.2 cm³/mol. The molecule has 1 aliphatic heterocycles. The second-order valence-corrected chi connectivity index (χ2v) is 6.63. The van der Waals surface area contributed by atoms with E-state index in [1.165, 1.54) is 29.1 Å². The van der Waals surface area contributed by atoms with Crippen molar-refractivity contribution in [1.29, 1.82) is 0 Å². The first-order valence-electron chi connectivity index (χ1n) is 6.94. The summed E-state index contributed by atoms with van der Waals surface area (Å²) in [5.41, 5.74) is 0.381. The maximum absolute atomic E-state index is 5.53. The van der Waals surface area contributed by atoms with Crippen molar-refractivity contribution in [3.8, 4) is 0 Å². The van der Waals surface area contributed by atoms with Crippen LogP contribution in [0.15, 0.2) is 6.20 Å². The molecule has 4 heteroatoms. The van der Waals surface area contributed by atoms with Gasteiger partial charge in [-0.05, 0) is 44.6 Å². The van der Waals surface area contributed by atoms with Crippen molar-refractivity contribution in [1.82, 2.24) is 10.3 Å². The van der Waals surface area contributed by atoms with Gasteiger partial charge in [-0.25, -0.2) is 4.98 Å². The average Bonchev–Trinajstić information content (AvgIpc) is 2.76. The highest BCUT2D eigenvalue weighted by Crippen LogP contribution is 2.35. The largest absolute Gasteiger partial charge is 0.381 e. The van der Waals surface area contributed by atoms with E-state index in [4.69, 9.17) is 4.74 Å². The van der Waals surface area contributed by atoms with Gasteiger partial charge in [0.25, 0.3) is 0 Å². The number of aromatic nitrogens is 1. The molecule has 102 valence electrons. The Balaban J connectivity index is 1.99. The molecule has 18 heavy (non-hydrogen) atoms. The lowest BCUT2D eigenvalue weighted by atomic mass is 9.77. The molecule has 0 atom stereocenters. The van der Waals surface area contributed by atoms with E-state index in [1.807, 2.05) is 11.3 Å². The van der Waals surface area contributed by atoms with Gasteiger partial charge in [-0.3, -0.25) is 0 Å². The van der Waals surface area contributed by atoms with Crippen LogP contribution in [0, 0.1) is 12.3 Å². The van der Waals surface area contributed by atoms with Crippen LogP contribution in [0.4, 0.5) is 0 Å². The summed E-state index contributed by atoms with van der Waals surface area (Å²) in [4.78, 5) is 5.80. The Kier molecular flexibility index (Phi) is 5.15. The fourth-order valence-corrected chi connectivity index (χ4v) is 3.58. The molecule has 0 bridgehead atoms. The van der Waals surface area contributed by atoms with E-state index in [9.17, 15) is 0 Å². The first kappa shape index (κ1) is 14.0. The van der Waals surface area contributed by atoms with Crippen molar-refractivity contribution < 1.29 is 4.74 Å². The predicted octanol–water partition coefficient (Wildman–Crippen LogP) is 2.79. The highest BCUT2D eigenvalue weighted by Gasteiger charge is 2.32. The number of hydrogen-bond acceptors (Lipinski definition) is 4. The van der Waals surface area contributed by atoms with Crippen LogP contribution in [0.3, 0.4) is 0 Å². The van der Waals surface area contributed by atoms with Crippen LogP contribution in [0.25, 0.3) is 0 Å². The molecule has 2 rings (SSSR count). The molecule has 0 aliphatic carbocycles. The van der Waals surface area contributed by atoms with Gasteiger partial charge >= 0.3 is 0 Å². The summed E-state index contributed by atoms with van der Waals surface area (Å²) in [6, 6.07) is 0. The Hall–Kier alpha value is -0.450. The van der Waals surface area contributed by atoms with E-state index >= 15 is 0 Å². The van der Waals surface area contributed by atoms with Crippen LogP contribution in [0.5, 0.6) is 0 Å². The Bertz CT molecular complexity index is 358. The lowest BCUT2D eigenvalue weighted by Crippen LogP contribution is -2.41. The van der Waals surface area contributed by atoms with Crippen molar-refractivity contribution in [2.45, 2.75) is 39.5 Å². The van der Waals surface area contributed by atoms with E-state index in [1.54, 1.807) is 0 Å². The van der Waals surface area contributed by atoms with Gasteiger partial charge in [-0.2, -0.15) is 0 Å². The molecule has 0 unspecified atom stereocenters. The summed E-state index contributed by atoms with van der Waals surface area (Å²) in [5, 5.41) is 4.78. The second-order valence-electron chi connectivity index (χ2n) is 5.31. The number of aryl methyl sites for hydroxylation is 1. The molecule has 0 radical (unpaired) electrons. The number of nitrogens with zero attached hydrogens (tertiary/aromatic N) is 1. The van der Waals surface area contributed by atoms with Crippen LogP contribution in [-0.2, 0) is 11.2 Å². The lowest BCUT2D eigenvalue weighted by Gasteiger charge is -2.37. The number of rotatable bonds is 6. The maximum Gasteiger partial charge on any atom is 0.0896 e. The summed E-state index contributed by atoms with van der Waals surface area (Å²) in [5.74, 6) is 0. The lowest BCUT2D eigenvalue weighted by molar-refractivity contribution is 0.0154. The fraction of sp³-hybridized carbons (Fsp3) is 0.786. The molecule has 0 saturated carbocycles. The zero-order valence-electron chi connectivity index (χ0n) is 11.5. The van der Waals surface area contributed by atoms with Crippen LogP contribution >= 0.6 is 11.3 Å². The summed E-state index contributed by atoms with van der Waals surface area (Å²) < 4.78 is 5.53. The number of nitrogens with one attached hydrogen (secondary N) is 1. The standard InChI is InChI=1S/C14H24N2OS/c1-3-6-15-11-14(4-7-17-8-5-14)9-13-10-16-12(2)18-13/h10,15H,3-9,11H2,1-2H3. The molecular formula is C14H24N2OS. The van der Waals surface area contributed by atoms with E-state index in [0.29, 0.717) is 5.41 Å². The molecule has 0 amide bonds. The molecule has 2 heterocycles. The molecular weight excluding hydrogens is 244 g/mol. The Morgan fingerprint density at radius 2 is 2.22 bits per heavy atom. The minimum atomic E-state index is 0.381. The third-order valence-corrected chi connectivity index (χ3v) is 4.61. The van der Waals surface area contributed by atoms with Gasteiger partial charge < -0.3 is 10.1 Å². The third-order valence-electron chi connectivity index (χ3n) is 3.70. The summed E-state index contributed by atoms with van der Waals surface area (Å²) in [7, 11) is 0. The van der Waals surface area contributed by atoms with Gasteiger partial charge in [0.15, 0.2) is 0 Å². The first-order valence-corrected chi connectivity index (χ1v) is 7.75. The average molecular weight is 268 g/mol. The smallest absolute Gasteiger partial charge is 0.0896 e. The molecule has 1 N–H and O–H groups in total. The molecule has 1 aliphatic rings. The van der Waals surface area contributed by atoms with E-state index in [-0.39, 0.29) is 0 Å². The van der Waals surface area contributed by atoms with Gasteiger partial charge in [-0.15, -0.1) is 11.3 Å². The van der Waals surface area contributed by atoms with Crippen LogP contribution in [-0.4, -0.2) is 31.3 Å². The molecule has 0 spiro atoms. The highest BCUT2D eigenvalue weighted by molar-refractivity contribution is 7.11. The third kappa shape index (κ3) is 3.77. The number of thiazole rings is 1. The zero-order chi connectivity index (χ0) is 12.8. The van der Waals surface area contributed by atoms with Crippen LogP contribution in [0.1, 0.15) is 36.1 Å². The van der Waals surface area contributed by atoms with E-state index in [0.717, 1.165) is 32.7 Å². The van der Waals surface area contributed by atoms with Crippen molar-refractivity contribution in [2.24, 2.45) is 5.41 Å². The normalized spacial score (nSPS) is 19.0. The van der Waals surface area contributed by atoms with Gasteiger partial charge in [0.05, 0.1) is 5.01 Å². The van der Waals surface area contributed by atoms with Gasteiger partial charge in [0.2, 0.25) is 0 Å². The monoisotopic (exact) mass is 268 g/mol. The number of ether oxygens (including phenoxy) is 1. The summed E-state index contributed by atoms with van der Waals surface area (Å²) in [6.07, 6.45) is 6.74. The van der Waals surface area contributed by atoms with Gasteiger partial charge in [0, 0.05) is 30.8 Å². The van der Waals surface area contributed by atoms with Crippen molar-refractivity contribution in [2.75, 3.05) is 26.3 Å². The maximum atomic E-state index is 5.53. The van der Waals surface area contributed by atoms with Crippen molar-refractivity contribution >= 4 is 11.3 Å². The van der Waals surface area contributed by atoms with Crippen molar-refractivity contribution in [3.05, 3.63) is 16.1 Å². The summed E-state index contributed by atoms with van der Waals surface area (Å²) in [6.45, 7) is 8.35. The van der Waals surface area contributed by atoms with Gasteiger partial charge in [0.1, 0.15) is 0 Å². The highest BCUT2D eigenvalue weighted by atomic mass is 32.1. The van der Waals surface area contributed by atoms with Crippen LogP contribution < -0.4 is 5.32 Å². The Morgan fingerprint density at radius 1 is 1.44 bits per heavy atom. The molecule has 3 nitrogen and oxygen atoms in total. The molecule has 0 aromatic carbocycles. The SMILES string of the molecule is CCCNCC1(Cc2cnc(C)s2)CCOCC1. The van der Waals surface area contributed by atoms with Gasteiger partial charge in [-0.1, -0.05) is 6.92 Å². The zero-order valence-corrected chi connectivity index (χ0v) is 12.3. The van der Waals surface area contributed by atoms with E-state index in [2.05, 4.69) is 30.3 Å². The minimum Gasteiger partial charge on any atom is -0.381 e. The van der Waals surface area contributed by atoms with Crippen LogP contribution in [0.2, 0.25) is 0 Å². The van der Waals surface area contributed by atoms with E-state index < -0.39 is 0 Å². The minimum absolute atomic E-state index is 0.381. The second kappa shape index (κ2) is 6.64. The first-order chi connectivity index (χ1) is 8.74. The fourth-order valence-electron chi connectivity index (χ4n) is 2.61. The Morgan fingerprint density at radius 3 is 2.83 bits per heavy atom. The molecule has 1 saturated heterocycles. The quantitative estimate of drug-likeness (QED) is 0.806. The molecule has 1 fully saturated rings.